The molecule has 0 amide bonds. The average molecular weight is 895 g/mol. The van der Waals surface area contributed by atoms with E-state index >= 15 is 0 Å². The van der Waals surface area contributed by atoms with Gasteiger partial charge in [0, 0.05) is 39.1 Å². The van der Waals surface area contributed by atoms with Gasteiger partial charge in [-0.1, -0.05) is 172 Å². The van der Waals surface area contributed by atoms with E-state index in [1.165, 1.54) is 123 Å². The van der Waals surface area contributed by atoms with Crippen molar-refractivity contribution in [3.8, 4) is 22.3 Å². The van der Waals surface area contributed by atoms with E-state index in [1.807, 2.05) is 0 Å². The number of para-hydroxylation sites is 2. The maximum atomic E-state index is 7.43. The molecular formula is C65H59BN2O. The predicted octanol–water partition coefficient (Wildman–Crippen LogP) is 15.9. The highest BCUT2D eigenvalue weighted by molar-refractivity contribution is 6.93. The number of fused-ring (bicyclic) bond motifs is 18. The summed E-state index contributed by atoms with van der Waals surface area (Å²) in [5.41, 5.74) is 26.2. The Morgan fingerprint density at radius 1 is 0.493 bits per heavy atom. The minimum absolute atomic E-state index is 0.0175. The van der Waals surface area contributed by atoms with Gasteiger partial charge in [0.25, 0.3) is 0 Å². The summed E-state index contributed by atoms with van der Waals surface area (Å²) < 4.78 is 7.43. The minimum Gasteiger partial charge on any atom is -0.455 e. The molecule has 0 saturated carbocycles. The van der Waals surface area contributed by atoms with E-state index < -0.39 is 5.41 Å². The predicted molar refractivity (Wildman–Crippen MR) is 291 cm³/mol. The Morgan fingerprint density at radius 3 is 1.77 bits per heavy atom. The number of anilines is 5. The molecule has 3 nitrogen and oxygen atoms in total. The Morgan fingerprint density at radius 2 is 1.10 bits per heavy atom. The molecule has 8 aromatic carbocycles. The maximum Gasteiger partial charge on any atom is 0.333 e. The molecule has 1 spiro atoms. The fourth-order valence-corrected chi connectivity index (χ4v) is 13.7. The van der Waals surface area contributed by atoms with E-state index in [0.29, 0.717) is 0 Å². The lowest BCUT2D eigenvalue weighted by Gasteiger charge is -2.51. The molecule has 9 aromatic rings. The van der Waals surface area contributed by atoms with Crippen molar-refractivity contribution in [3.05, 3.63) is 196 Å². The van der Waals surface area contributed by atoms with Crippen molar-refractivity contribution in [2.75, 3.05) is 9.71 Å². The second kappa shape index (κ2) is 13.3. The topological polar surface area (TPSA) is 19.6 Å². The van der Waals surface area contributed by atoms with Crippen LogP contribution in [0.3, 0.4) is 0 Å². The van der Waals surface area contributed by atoms with Gasteiger partial charge in [0.15, 0.2) is 0 Å². The molecule has 5 aliphatic rings. The third-order valence-corrected chi connectivity index (χ3v) is 17.4. The zero-order valence-electron chi connectivity index (χ0n) is 41.7. The molecule has 0 bridgehead atoms. The fraction of sp³-hybridized carbons (Fsp3) is 0.262. The zero-order valence-corrected chi connectivity index (χ0v) is 41.7. The first-order valence-electron chi connectivity index (χ1n) is 25.3. The van der Waals surface area contributed by atoms with Crippen LogP contribution in [0, 0.1) is 0 Å². The number of hydrogen-bond donors (Lipinski definition) is 0. The third kappa shape index (κ3) is 5.25. The SMILES string of the molecule is CC(C)(C)c1ccc(N2B3c4cccc5c4N(c4ccccc4C54c5ccccc5-c5ccccc54)c4cc(C(C)(C)C)cc(c43)-c3c2ccc2c3oc3cc4c(cc32)C(C)(C)CCC4(C)C)cc1. The lowest BCUT2D eigenvalue weighted by molar-refractivity contribution is 0.332. The Bertz CT molecular complexity index is 3680. The highest BCUT2D eigenvalue weighted by atomic mass is 16.3. The first-order chi connectivity index (χ1) is 33.0. The fourth-order valence-electron chi connectivity index (χ4n) is 13.7. The molecule has 1 aromatic heterocycles. The average Bonchev–Trinajstić information content (AvgIpc) is 3.85. The van der Waals surface area contributed by atoms with Gasteiger partial charge in [0.05, 0.1) is 11.1 Å². The molecular weight excluding hydrogens is 836 g/mol. The van der Waals surface area contributed by atoms with Crippen molar-refractivity contribution >= 4 is 68.1 Å². The lowest BCUT2D eigenvalue weighted by Crippen LogP contribution is -2.62. The van der Waals surface area contributed by atoms with Crippen molar-refractivity contribution in [3.63, 3.8) is 0 Å². The third-order valence-electron chi connectivity index (χ3n) is 17.4. The van der Waals surface area contributed by atoms with Crippen molar-refractivity contribution in [2.45, 2.75) is 109 Å². The van der Waals surface area contributed by atoms with Crippen LogP contribution in [0.4, 0.5) is 28.4 Å². The van der Waals surface area contributed by atoms with Crippen LogP contribution in [-0.4, -0.2) is 6.85 Å². The van der Waals surface area contributed by atoms with Gasteiger partial charge >= 0.3 is 6.85 Å². The lowest BCUT2D eigenvalue weighted by atomic mass is 9.42. The van der Waals surface area contributed by atoms with Gasteiger partial charge in [-0.05, 0) is 155 Å². The van der Waals surface area contributed by atoms with Gasteiger partial charge in [0.1, 0.15) is 11.2 Å². The zero-order chi connectivity index (χ0) is 47.3. The quantitative estimate of drug-likeness (QED) is 0.153. The Labute approximate surface area is 407 Å². The summed E-state index contributed by atoms with van der Waals surface area (Å²) >= 11 is 0. The Balaban J connectivity index is 1.13. The molecule has 0 radical (unpaired) electrons. The van der Waals surface area contributed by atoms with Crippen LogP contribution < -0.4 is 20.6 Å². The van der Waals surface area contributed by atoms with Crippen molar-refractivity contribution in [1.29, 1.82) is 0 Å². The molecule has 4 heterocycles. The van der Waals surface area contributed by atoms with Crippen LogP contribution in [0.1, 0.15) is 127 Å². The van der Waals surface area contributed by atoms with Crippen LogP contribution in [0.25, 0.3) is 44.2 Å². The molecule has 14 rings (SSSR count). The Hall–Kier alpha value is -6.78. The first kappa shape index (κ1) is 41.2. The van der Waals surface area contributed by atoms with Crippen LogP contribution in [0.2, 0.25) is 0 Å². The molecule has 2 aliphatic carbocycles. The summed E-state index contributed by atoms with van der Waals surface area (Å²) in [4.78, 5) is 5.34. The van der Waals surface area contributed by atoms with E-state index in [-0.39, 0.29) is 28.5 Å². The second-order valence-corrected chi connectivity index (χ2v) is 24.3. The van der Waals surface area contributed by atoms with Crippen molar-refractivity contribution in [1.82, 2.24) is 0 Å². The molecule has 0 saturated heterocycles. The van der Waals surface area contributed by atoms with E-state index in [4.69, 9.17) is 4.42 Å². The number of rotatable bonds is 1. The van der Waals surface area contributed by atoms with Crippen LogP contribution in [0.15, 0.2) is 156 Å². The molecule has 4 heteroatoms. The van der Waals surface area contributed by atoms with Crippen molar-refractivity contribution in [2.24, 2.45) is 0 Å². The molecule has 3 aliphatic heterocycles. The molecule has 0 N–H and O–H groups in total. The molecule has 338 valence electrons. The number of benzene rings is 8. The number of hydrogen-bond acceptors (Lipinski definition) is 3. The first-order valence-corrected chi connectivity index (χ1v) is 25.3. The summed E-state index contributed by atoms with van der Waals surface area (Å²) in [5.74, 6) is 0. The van der Waals surface area contributed by atoms with Gasteiger partial charge in [-0.3, -0.25) is 0 Å². The monoisotopic (exact) mass is 894 g/mol. The summed E-state index contributed by atoms with van der Waals surface area (Å²) in [7, 11) is 0. The second-order valence-electron chi connectivity index (χ2n) is 24.3. The molecule has 0 unspecified atom stereocenters. The standard InChI is InChI=1S/C65H59BN2O/c1-61(2,3)38-26-28-40(29-27-38)68-54-31-30-43-44-36-50-51(64(9,10)33-32-63(50,7)8)37-56(44)69-60(43)57(54)45-34-39(62(4,5)6)35-55-58(45)66(68)52-24-17-23-49-59(52)67(55)53-25-16-15-22-48(53)65(49)46-20-13-11-18-41(46)42-19-12-14-21-47(42)65/h11-31,34-37H,32-33H2,1-10H3. The van der Waals surface area contributed by atoms with Crippen LogP contribution in [0.5, 0.6) is 0 Å². The van der Waals surface area contributed by atoms with E-state index in [0.717, 1.165) is 17.6 Å². The van der Waals surface area contributed by atoms with Gasteiger partial charge in [0.2, 0.25) is 0 Å². The summed E-state index contributed by atoms with van der Waals surface area (Å²) in [6.45, 7) is 23.6. The Kier molecular flexibility index (Phi) is 7.94. The van der Waals surface area contributed by atoms with Gasteiger partial charge < -0.3 is 14.1 Å². The summed E-state index contributed by atoms with van der Waals surface area (Å²) in [6, 6.07) is 59.1. The minimum atomic E-state index is -0.512. The largest absolute Gasteiger partial charge is 0.455 e. The van der Waals surface area contributed by atoms with Gasteiger partial charge in [-0.25, -0.2) is 0 Å². The van der Waals surface area contributed by atoms with E-state index in [2.05, 4.69) is 231 Å². The van der Waals surface area contributed by atoms with Gasteiger partial charge in [-0.15, -0.1) is 0 Å². The highest BCUT2D eigenvalue weighted by Crippen LogP contribution is 2.64. The molecule has 0 fully saturated rings. The van der Waals surface area contributed by atoms with Crippen LogP contribution >= 0.6 is 0 Å². The number of furan rings is 1. The maximum absolute atomic E-state index is 7.43. The van der Waals surface area contributed by atoms with E-state index in [9.17, 15) is 0 Å². The number of nitrogens with zero attached hydrogens (tertiary/aromatic N) is 2. The molecule has 0 atom stereocenters. The highest BCUT2D eigenvalue weighted by Gasteiger charge is 2.56. The molecule has 69 heavy (non-hydrogen) atoms. The van der Waals surface area contributed by atoms with E-state index in [1.54, 1.807) is 0 Å². The smallest absolute Gasteiger partial charge is 0.333 e. The van der Waals surface area contributed by atoms with Crippen molar-refractivity contribution < 1.29 is 4.42 Å². The summed E-state index contributed by atoms with van der Waals surface area (Å²) in [6.07, 6.45) is 2.33. The summed E-state index contributed by atoms with van der Waals surface area (Å²) in [5, 5.41) is 2.40. The van der Waals surface area contributed by atoms with Crippen LogP contribution in [-0.2, 0) is 27.1 Å². The normalized spacial score (nSPS) is 17.3. The van der Waals surface area contributed by atoms with Gasteiger partial charge in [-0.2, -0.15) is 0 Å².